The van der Waals surface area contributed by atoms with Crippen molar-refractivity contribution < 1.29 is 86.1 Å². The zero-order valence-electron chi connectivity index (χ0n) is 37.0. The number of cyclic esters (lactones) is 1. The summed E-state index contributed by atoms with van der Waals surface area (Å²) in [5.41, 5.74) is -10.5. The molecular formula is C44H52N2O18. The summed E-state index contributed by atoms with van der Waals surface area (Å²) in [5.74, 6) is -12.8. The Balaban J connectivity index is 1.81. The second-order valence-corrected chi connectivity index (χ2v) is 17.3. The minimum Gasteiger partial charge on any atom is -0.465 e. The number of aromatic nitrogens is 2. The number of pyridine rings is 2. The van der Waals surface area contributed by atoms with E-state index < -0.39 is 143 Å². The van der Waals surface area contributed by atoms with Crippen LogP contribution in [0.15, 0.2) is 42.9 Å². The van der Waals surface area contributed by atoms with E-state index in [2.05, 4.69) is 9.97 Å². The first-order chi connectivity index (χ1) is 29.9. The lowest BCUT2D eigenvalue weighted by molar-refractivity contribution is -0.386. The van der Waals surface area contributed by atoms with Gasteiger partial charge in [0.15, 0.2) is 30.0 Å². The summed E-state index contributed by atoms with van der Waals surface area (Å²) >= 11 is 0. The van der Waals surface area contributed by atoms with Crippen molar-refractivity contribution in [2.45, 2.75) is 129 Å². The van der Waals surface area contributed by atoms with Gasteiger partial charge in [-0.1, -0.05) is 27.7 Å². The topological polar surface area (TPSA) is 266 Å². The molecule has 4 heterocycles. The lowest BCUT2D eigenvalue weighted by Crippen LogP contribution is -2.89. The average Bonchev–Trinajstić information content (AvgIpc) is 3.44. The first kappa shape index (κ1) is 47.5. The maximum Gasteiger partial charge on any atom is 0.340 e. The Morgan fingerprint density at radius 1 is 0.812 bits per heavy atom. The second kappa shape index (κ2) is 17.5. The summed E-state index contributed by atoms with van der Waals surface area (Å²) in [7, 11) is 0. The lowest BCUT2D eigenvalue weighted by atomic mass is 9.45. The second-order valence-electron chi connectivity index (χ2n) is 17.3. The highest BCUT2D eigenvalue weighted by atomic mass is 16.7. The van der Waals surface area contributed by atoms with Crippen LogP contribution in [0.4, 0.5) is 0 Å². The fourth-order valence-corrected chi connectivity index (χ4v) is 9.81. The standard InChI is InChI=1S/C44H52N2O18/c1-20(2)37(51)62-32-34-42(10,55)44-33(58-24(6)48)29(41(9,64-44)18-57-40(54)28-14-12-16-46-30(28)21(3)22(4)38(52)63-34)31(61-39(53)27-13-11-15-45-17-27)35(59-25(7)49)43(44,19-56-23(5)47)36(32)60-26(8)50/h11-17,20-22,29,31-36,55H,18-19H2,1-10H3/t21?,22?,29-,31-,32+,33-,34-,35-,36+,41+,42+,43+,44+/m1/s1. The van der Waals surface area contributed by atoms with Crippen molar-refractivity contribution in [3.63, 3.8) is 0 Å². The zero-order valence-corrected chi connectivity index (χ0v) is 37.0. The van der Waals surface area contributed by atoms with E-state index in [1.165, 1.54) is 70.6 Å². The number of esters is 8. The fourth-order valence-electron chi connectivity index (χ4n) is 9.81. The maximum absolute atomic E-state index is 14.6. The first-order valence-electron chi connectivity index (χ1n) is 20.7. The molecule has 13 atom stereocenters. The number of rotatable bonds is 9. The van der Waals surface area contributed by atoms with Crippen molar-refractivity contribution in [1.82, 2.24) is 9.97 Å². The quantitative estimate of drug-likeness (QED) is 0.280. The van der Waals surface area contributed by atoms with Crippen molar-refractivity contribution in [3.05, 3.63) is 59.7 Å². The van der Waals surface area contributed by atoms with Crippen LogP contribution in [-0.4, -0.2) is 129 Å². The van der Waals surface area contributed by atoms with Crippen LogP contribution >= 0.6 is 0 Å². The maximum atomic E-state index is 14.6. The van der Waals surface area contributed by atoms with Crippen molar-refractivity contribution in [3.8, 4) is 0 Å². The average molecular weight is 897 g/mol. The molecule has 20 heteroatoms. The van der Waals surface area contributed by atoms with E-state index in [1.807, 2.05) is 0 Å². The summed E-state index contributed by atoms with van der Waals surface area (Å²) in [6.07, 6.45) is -8.40. The molecule has 0 amide bonds. The molecule has 2 aliphatic carbocycles. The van der Waals surface area contributed by atoms with Crippen molar-refractivity contribution >= 4 is 47.8 Å². The van der Waals surface area contributed by atoms with Gasteiger partial charge in [-0.15, -0.1) is 0 Å². The highest BCUT2D eigenvalue weighted by molar-refractivity contribution is 5.91. The molecule has 1 spiro atoms. The number of aliphatic hydroxyl groups is 1. The van der Waals surface area contributed by atoms with Crippen LogP contribution in [0.3, 0.4) is 0 Å². The number of ether oxygens (including phenoxy) is 9. The third-order valence-corrected chi connectivity index (χ3v) is 12.7. The molecule has 1 N–H and O–H groups in total. The molecular weight excluding hydrogens is 844 g/mol. The number of fused-ring (bicyclic) bond motifs is 5. The number of carbonyl (C=O) groups is 8. The van der Waals surface area contributed by atoms with Crippen molar-refractivity contribution in [2.75, 3.05) is 13.2 Å². The lowest BCUT2D eigenvalue weighted by Gasteiger charge is -2.67. The van der Waals surface area contributed by atoms with Gasteiger partial charge < -0.3 is 47.7 Å². The Hall–Kier alpha value is -6.02. The molecule has 20 nitrogen and oxygen atoms in total. The summed E-state index contributed by atoms with van der Waals surface area (Å²) in [6.45, 7) is 10.6. The van der Waals surface area contributed by atoms with Crippen LogP contribution in [-0.2, 0) is 71.4 Å². The number of hydrogen-bond donors (Lipinski definition) is 1. The van der Waals surface area contributed by atoms with Crippen LogP contribution in [0, 0.1) is 23.2 Å². The highest BCUT2D eigenvalue weighted by Gasteiger charge is 2.92. The largest absolute Gasteiger partial charge is 0.465 e. The van der Waals surface area contributed by atoms with Gasteiger partial charge in [0.05, 0.1) is 34.6 Å². The van der Waals surface area contributed by atoms with E-state index in [-0.39, 0.29) is 16.8 Å². The van der Waals surface area contributed by atoms with Gasteiger partial charge in [-0.2, -0.15) is 0 Å². The number of nitrogens with zero attached hydrogens (tertiary/aromatic N) is 2. The molecule has 2 unspecified atom stereocenters. The van der Waals surface area contributed by atoms with Crippen LogP contribution in [0.2, 0.25) is 0 Å². The smallest absolute Gasteiger partial charge is 0.340 e. The molecule has 2 saturated carbocycles. The molecule has 4 bridgehead atoms. The van der Waals surface area contributed by atoms with Crippen molar-refractivity contribution in [1.29, 1.82) is 0 Å². The monoisotopic (exact) mass is 896 g/mol. The Labute approximate surface area is 367 Å². The van der Waals surface area contributed by atoms with Crippen LogP contribution in [0.25, 0.3) is 0 Å². The molecule has 2 aromatic heterocycles. The fraction of sp³-hybridized carbons (Fsp3) is 0.591. The first-order valence-corrected chi connectivity index (χ1v) is 20.7. The Kier molecular flexibility index (Phi) is 13.0. The molecule has 2 aromatic rings. The van der Waals surface area contributed by atoms with E-state index in [4.69, 9.17) is 42.6 Å². The van der Waals surface area contributed by atoms with Gasteiger partial charge in [0, 0.05) is 52.2 Å². The molecule has 1 saturated heterocycles. The Morgan fingerprint density at radius 3 is 2.00 bits per heavy atom. The summed E-state index contributed by atoms with van der Waals surface area (Å²) in [5, 5.41) is 13.7. The van der Waals surface area contributed by atoms with Gasteiger partial charge in [0.25, 0.3) is 0 Å². The molecule has 0 radical (unpaired) electrons. The van der Waals surface area contributed by atoms with Crippen molar-refractivity contribution in [2.24, 2.45) is 23.2 Å². The van der Waals surface area contributed by atoms with Crippen LogP contribution in [0.5, 0.6) is 0 Å². The van der Waals surface area contributed by atoms with Gasteiger partial charge in [-0.3, -0.25) is 38.7 Å². The third-order valence-electron chi connectivity index (χ3n) is 12.7. The molecule has 2 aliphatic heterocycles. The molecule has 4 aliphatic rings. The van der Waals surface area contributed by atoms with Gasteiger partial charge in [-0.25, -0.2) is 9.59 Å². The normalized spacial score (nSPS) is 35.3. The van der Waals surface area contributed by atoms with Gasteiger partial charge in [-0.05, 0) is 38.1 Å². The minimum atomic E-state index is -2.87. The Morgan fingerprint density at radius 2 is 1.42 bits per heavy atom. The van der Waals surface area contributed by atoms with E-state index in [9.17, 15) is 43.5 Å². The van der Waals surface area contributed by atoms with E-state index in [0.717, 1.165) is 34.6 Å². The minimum absolute atomic E-state index is 0.0571. The molecule has 0 aromatic carbocycles. The predicted molar refractivity (Wildman–Crippen MR) is 212 cm³/mol. The summed E-state index contributed by atoms with van der Waals surface area (Å²) in [4.78, 5) is 119. The van der Waals surface area contributed by atoms with E-state index in [1.54, 1.807) is 6.92 Å². The summed E-state index contributed by atoms with van der Waals surface area (Å²) < 4.78 is 55.9. The zero-order chi connectivity index (χ0) is 47.3. The summed E-state index contributed by atoms with van der Waals surface area (Å²) in [6, 6.07) is 5.69. The highest BCUT2D eigenvalue weighted by Crippen LogP contribution is 2.70. The number of hydrogen-bond acceptors (Lipinski definition) is 20. The van der Waals surface area contributed by atoms with Gasteiger partial charge in [0.2, 0.25) is 0 Å². The van der Waals surface area contributed by atoms with E-state index in [0.29, 0.717) is 0 Å². The third kappa shape index (κ3) is 7.83. The van der Waals surface area contributed by atoms with E-state index >= 15 is 0 Å². The molecule has 346 valence electrons. The Bertz CT molecular complexity index is 2210. The predicted octanol–water partition coefficient (Wildman–Crippen LogP) is 2.36. The van der Waals surface area contributed by atoms with Crippen LogP contribution in [0.1, 0.15) is 102 Å². The molecule has 3 fully saturated rings. The number of carbonyl (C=O) groups excluding carboxylic acids is 8. The molecule has 6 rings (SSSR count). The SMILES string of the molecule is CC(=O)OC[C@@]12[C@H](OC(C)=O)[C@H](OC(=O)c3cccnc3)[C@@H]3[C@@H](OC(C)=O)[C@@]14O[C@@]3(C)COC(=O)c1cccnc1C(C)C(C)C(=O)O[C@H]([C@H](OC(=O)C(C)C)[C@@H]2OC(C)=O)[C@]4(C)O. The van der Waals surface area contributed by atoms with Gasteiger partial charge in [0.1, 0.15) is 42.0 Å². The van der Waals surface area contributed by atoms with Gasteiger partial charge >= 0.3 is 47.8 Å². The van der Waals surface area contributed by atoms with Crippen LogP contribution < -0.4 is 0 Å². The molecule has 64 heavy (non-hydrogen) atoms.